The average molecular weight is 514 g/mol. The molecule has 0 bridgehead atoms. The fourth-order valence-electron chi connectivity index (χ4n) is 5.33. The van der Waals surface area contributed by atoms with Gasteiger partial charge in [0, 0.05) is 30.8 Å². The topological polar surface area (TPSA) is 135 Å². The first-order chi connectivity index (χ1) is 18.4. The van der Waals surface area contributed by atoms with Gasteiger partial charge in [0.05, 0.1) is 36.6 Å². The van der Waals surface area contributed by atoms with Crippen LogP contribution in [0.25, 0.3) is 0 Å². The van der Waals surface area contributed by atoms with E-state index in [0.717, 1.165) is 36.3 Å². The number of nitrogens with two attached hydrogens (primary N) is 1. The van der Waals surface area contributed by atoms with E-state index in [1.807, 2.05) is 24.0 Å². The van der Waals surface area contributed by atoms with Crippen molar-refractivity contribution in [2.75, 3.05) is 31.6 Å². The van der Waals surface area contributed by atoms with E-state index in [1.54, 1.807) is 49.1 Å². The van der Waals surface area contributed by atoms with Crippen LogP contribution in [0.2, 0.25) is 0 Å². The number of amides is 2. The fraction of sp³-hybridized carbons (Fsp3) is 0.333. The number of rotatable bonds is 5. The Morgan fingerprint density at radius 1 is 1.21 bits per heavy atom. The Bertz CT molecular complexity index is 1400. The smallest absolute Gasteiger partial charge is 0.264 e. The molecule has 2 amide bonds. The number of nitrogens with one attached hydrogen (secondary N) is 1. The molecule has 0 radical (unpaired) electrons. The molecule has 0 spiro atoms. The highest BCUT2D eigenvalue weighted by Gasteiger charge is 2.48. The minimum Gasteiger partial charge on any atom is -0.379 e. The molecule has 4 aliphatic rings. The highest BCUT2D eigenvalue weighted by atomic mass is 16.5. The molecule has 4 aliphatic heterocycles. The number of quaternary nitrogens is 1. The van der Waals surface area contributed by atoms with Gasteiger partial charge in [-0.25, -0.2) is 0 Å². The third-order valence-electron chi connectivity index (χ3n) is 7.49. The Labute approximate surface area is 220 Å². The summed E-state index contributed by atoms with van der Waals surface area (Å²) in [5.74, 6) is 7.82. The van der Waals surface area contributed by atoms with Crippen LogP contribution in [0.15, 0.2) is 76.4 Å². The van der Waals surface area contributed by atoms with Crippen LogP contribution in [0, 0.1) is 11.3 Å². The number of piperidine rings is 1. The molecule has 1 unspecified atom stereocenters. The number of allylic oxidation sites excluding steroid dienone is 1. The molecule has 1 aromatic carbocycles. The van der Waals surface area contributed by atoms with Crippen molar-refractivity contribution in [1.29, 1.82) is 0 Å². The summed E-state index contributed by atoms with van der Waals surface area (Å²) >= 11 is 0. The van der Waals surface area contributed by atoms with Gasteiger partial charge in [0.15, 0.2) is 5.82 Å². The van der Waals surface area contributed by atoms with Crippen LogP contribution in [-0.4, -0.2) is 69.9 Å². The Balaban J connectivity index is 1.25. The minimum absolute atomic E-state index is 0.0424. The number of nitrogens with zero attached hydrogens (tertiary/aromatic N) is 6. The van der Waals surface area contributed by atoms with E-state index in [4.69, 9.17) is 15.6 Å². The zero-order valence-corrected chi connectivity index (χ0v) is 21.1. The normalized spacial score (nSPS) is 25.5. The third kappa shape index (κ3) is 4.14. The molecule has 3 N–H and O–H groups in total. The number of likely N-dealkylation sites (tertiary alicyclic amines) is 1. The van der Waals surface area contributed by atoms with Crippen LogP contribution in [0.5, 0.6) is 0 Å². The van der Waals surface area contributed by atoms with E-state index in [1.165, 1.54) is 0 Å². The van der Waals surface area contributed by atoms with Gasteiger partial charge in [0.1, 0.15) is 11.9 Å². The molecule has 2 atom stereocenters. The van der Waals surface area contributed by atoms with Crippen LogP contribution in [0.3, 0.4) is 0 Å². The largest absolute Gasteiger partial charge is 0.379 e. The predicted molar refractivity (Wildman–Crippen MR) is 140 cm³/mol. The van der Waals surface area contributed by atoms with Crippen LogP contribution in [0.1, 0.15) is 35.7 Å². The first-order valence-electron chi connectivity index (χ1n) is 12.7. The number of fused-ring (bicyclic) bond motifs is 1. The number of amidine groups is 1. The summed E-state index contributed by atoms with van der Waals surface area (Å²) in [6, 6.07) is 10.5. The van der Waals surface area contributed by atoms with Gasteiger partial charge >= 0.3 is 0 Å². The van der Waals surface area contributed by atoms with Crippen molar-refractivity contribution in [2.24, 2.45) is 27.2 Å². The number of aliphatic imine (C=N–C) groups is 2. The summed E-state index contributed by atoms with van der Waals surface area (Å²) in [7, 11) is 0. The Hall–Kier alpha value is -4.06. The molecule has 11 nitrogen and oxygen atoms in total. The lowest BCUT2D eigenvalue weighted by Crippen LogP contribution is -2.55. The lowest BCUT2D eigenvalue weighted by atomic mass is 9.85. The van der Waals surface area contributed by atoms with E-state index in [0.29, 0.717) is 37.0 Å². The van der Waals surface area contributed by atoms with Gasteiger partial charge in [-0.3, -0.25) is 14.6 Å². The van der Waals surface area contributed by atoms with Gasteiger partial charge in [-0.15, -0.1) is 9.69 Å². The summed E-state index contributed by atoms with van der Waals surface area (Å²) in [6.07, 6.45) is 8.57. The first-order valence-corrected chi connectivity index (χ1v) is 12.7. The molecule has 1 aromatic heterocycles. The van der Waals surface area contributed by atoms with Crippen molar-refractivity contribution < 1.29 is 18.9 Å². The molecule has 11 heteroatoms. The maximum absolute atomic E-state index is 13.2. The number of hydrogen-bond acceptors (Lipinski definition) is 8. The number of aromatic nitrogens is 2. The molecular formula is C27H29N8O3+. The van der Waals surface area contributed by atoms with Gasteiger partial charge in [-0.2, -0.15) is 15.9 Å². The second-order valence-electron chi connectivity index (χ2n) is 10.3. The minimum atomic E-state index is -0.437. The predicted octanol–water partition coefficient (Wildman–Crippen LogP) is 2.22. The highest BCUT2D eigenvalue weighted by Crippen LogP contribution is 2.39. The van der Waals surface area contributed by atoms with E-state index >= 15 is 0 Å². The summed E-state index contributed by atoms with van der Waals surface area (Å²) in [4.78, 5) is 37.2. The first kappa shape index (κ1) is 24.3. The second-order valence-corrected chi connectivity index (χ2v) is 10.3. The molecule has 0 saturated carbocycles. The molecule has 194 valence electrons. The number of carbonyl (C=O) groups excluding carboxylic acids is 2. The van der Waals surface area contributed by atoms with Crippen molar-refractivity contribution in [3.8, 4) is 0 Å². The summed E-state index contributed by atoms with van der Waals surface area (Å²) in [5, 5.41) is 10.4. The van der Waals surface area contributed by atoms with Crippen LogP contribution in [0.4, 0.5) is 5.82 Å². The maximum Gasteiger partial charge on any atom is 0.264 e. The number of carbonyl (C=O) groups is 2. The monoisotopic (exact) mass is 513 g/mol. The molecule has 0 aliphatic carbocycles. The summed E-state index contributed by atoms with van der Waals surface area (Å²) < 4.78 is 5.21. The quantitative estimate of drug-likeness (QED) is 0.465. The van der Waals surface area contributed by atoms with Gasteiger partial charge in [-0.1, -0.05) is 0 Å². The van der Waals surface area contributed by atoms with Gasteiger partial charge < -0.3 is 15.0 Å². The number of ether oxygens (including phenoxy) is 1. The van der Waals surface area contributed by atoms with Crippen LogP contribution >= 0.6 is 0 Å². The van der Waals surface area contributed by atoms with Crippen molar-refractivity contribution in [2.45, 2.75) is 19.8 Å². The summed E-state index contributed by atoms with van der Waals surface area (Å²) in [6.45, 7) is 4.22. The summed E-state index contributed by atoms with van der Waals surface area (Å²) in [5.41, 5.74) is 2.48. The highest BCUT2D eigenvalue weighted by molar-refractivity contribution is 6.05. The Morgan fingerprint density at radius 2 is 2.03 bits per heavy atom. The van der Waals surface area contributed by atoms with Crippen molar-refractivity contribution in [3.63, 3.8) is 0 Å². The number of anilines is 1. The lowest BCUT2D eigenvalue weighted by molar-refractivity contribution is -0.750. The number of hydrogen-bond donors (Lipinski definition) is 2. The van der Waals surface area contributed by atoms with Crippen LogP contribution in [-0.2, 0) is 9.53 Å². The Kier molecular flexibility index (Phi) is 5.98. The average Bonchev–Trinajstić information content (AvgIpc) is 3.25. The van der Waals surface area contributed by atoms with E-state index in [-0.39, 0.29) is 22.3 Å². The number of benzene rings is 1. The zero-order valence-electron chi connectivity index (χ0n) is 21.1. The maximum atomic E-state index is 13.2. The van der Waals surface area contributed by atoms with Crippen molar-refractivity contribution >= 4 is 29.7 Å². The molecule has 5 heterocycles. The van der Waals surface area contributed by atoms with Crippen molar-refractivity contribution in [3.05, 3.63) is 77.5 Å². The second kappa shape index (κ2) is 9.35. The molecule has 2 saturated heterocycles. The zero-order chi connectivity index (χ0) is 26.3. The SMILES string of the molecule is CC1(C(=O)N2CCC[C@@H](C3=C4C=NC=C[N+]4(N)C(c4ccc(C(=O)Nc5cccnn5)cc4)=N3)C2)COC1. The fourth-order valence-corrected chi connectivity index (χ4v) is 5.33. The molecular weight excluding hydrogens is 484 g/mol. The third-order valence-corrected chi connectivity index (χ3v) is 7.49. The van der Waals surface area contributed by atoms with E-state index < -0.39 is 5.41 Å². The standard InChI is InChI=1S/C27H28N8O3/c1-27(16-38-17-27)26(37)34-12-3-4-20(15-34)23-21-14-29-11-13-35(21,28)24(32-23)18-6-8-19(9-7-18)25(36)31-22-5-2-10-30-33-22/h2,5-11,13-14,20H,3-4,12,15-17,28H2,1H3/p+1/t20-,35?/m1/s1. The van der Waals surface area contributed by atoms with E-state index in [2.05, 4.69) is 20.5 Å². The molecule has 38 heavy (non-hydrogen) atoms. The Morgan fingerprint density at radius 3 is 2.74 bits per heavy atom. The molecule has 2 fully saturated rings. The lowest BCUT2D eigenvalue weighted by Gasteiger charge is -2.42. The molecule has 2 aromatic rings. The van der Waals surface area contributed by atoms with Gasteiger partial charge in [0.25, 0.3) is 11.7 Å². The van der Waals surface area contributed by atoms with E-state index in [9.17, 15) is 9.59 Å². The van der Waals surface area contributed by atoms with Gasteiger partial charge in [0.2, 0.25) is 11.6 Å². The molecule has 6 rings (SSSR count). The van der Waals surface area contributed by atoms with Crippen LogP contribution < -0.4 is 11.2 Å². The van der Waals surface area contributed by atoms with Crippen molar-refractivity contribution in [1.82, 2.24) is 15.1 Å². The van der Waals surface area contributed by atoms with Gasteiger partial charge in [-0.05, 0) is 56.2 Å².